The van der Waals surface area contributed by atoms with Crippen LogP contribution in [0.2, 0.25) is 16.6 Å². The highest BCUT2D eigenvalue weighted by Gasteiger charge is 2.47. The Labute approximate surface area is 109 Å². The minimum absolute atomic E-state index is 0.126. The van der Waals surface area contributed by atoms with E-state index in [1.807, 2.05) is 13.8 Å². The molecule has 0 aliphatic rings. The van der Waals surface area contributed by atoms with Crippen molar-refractivity contribution in [1.29, 1.82) is 0 Å². The van der Waals surface area contributed by atoms with Crippen molar-refractivity contribution < 1.29 is 9.16 Å². The highest BCUT2D eigenvalue weighted by Crippen LogP contribution is 2.43. The van der Waals surface area contributed by atoms with E-state index in [1.165, 1.54) is 0 Å². The van der Waals surface area contributed by atoms with E-state index in [2.05, 4.69) is 48.1 Å². The Bertz CT molecular complexity index is 223. The van der Waals surface area contributed by atoms with Gasteiger partial charge in [-0.3, -0.25) is 0 Å². The molecule has 102 valence electrons. The summed E-state index contributed by atoms with van der Waals surface area (Å²) in [5.41, 5.74) is 1.65. The van der Waals surface area contributed by atoms with Gasteiger partial charge in [0.05, 0.1) is 6.10 Å². The van der Waals surface area contributed by atoms with Crippen molar-refractivity contribution in [3.8, 4) is 0 Å². The van der Waals surface area contributed by atoms with Crippen molar-refractivity contribution in [2.45, 2.75) is 78.1 Å². The summed E-state index contributed by atoms with van der Waals surface area (Å²) in [5, 5.41) is 0. The molecule has 0 aromatic rings. The van der Waals surface area contributed by atoms with Crippen molar-refractivity contribution >= 4 is 8.32 Å². The number of rotatable bonds is 7. The quantitative estimate of drug-likeness (QED) is 0.468. The van der Waals surface area contributed by atoms with Crippen LogP contribution in [0.1, 0.15) is 55.4 Å². The zero-order valence-electron chi connectivity index (χ0n) is 12.8. The fraction of sp³-hybridized carbons (Fsp3) is 0.857. The van der Waals surface area contributed by atoms with Crippen molar-refractivity contribution in [3.05, 3.63) is 12.5 Å². The van der Waals surface area contributed by atoms with Crippen molar-refractivity contribution in [2.75, 3.05) is 0 Å². The van der Waals surface area contributed by atoms with Crippen molar-refractivity contribution in [2.24, 2.45) is 0 Å². The van der Waals surface area contributed by atoms with Crippen molar-refractivity contribution in [1.82, 2.24) is 0 Å². The minimum Gasteiger partial charge on any atom is -0.518 e. The predicted molar refractivity (Wildman–Crippen MR) is 77.5 cm³/mol. The van der Waals surface area contributed by atoms with E-state index < -0.39 is 8.32 Å². The second kappa shape index (κ2) is 6.48. The molecule has 0 heterocycles. The zero-order valence-corrected chi connectivity index (χ0v) is 13.8. The summed E-state index contributed by atoms with van der Waals surface area (Å²) in [5.74, 6) is 0.503. The molecular formula is C14H30O2Si. The Balaban J connectivity index is 4.99. The molecule has 0 atom stereocenters. The summed E-state index contributed by atoms with van der Waals surface area (Å²) < 4.78 is 11.8. The van der Waals surface area contributed by atoms with Gasteiger partial charge >= 0.3 is 0 Å². The maximum absolute atomic E-state index is 6.26. The normalized spacial score (nSPS) is 12.7. The number of ether oxygens (including phenoxy) is 1. The van der Waals surface area contributed by atoms with Gasteiger partial charge in [-0.1, -0.05) is 41.5 Å². The molecule has 0 amide bonds. The first-order valence-electron chi connectivity index (χ1n) is 6.69. The van der Waals surface area contributed by atoms with Crippen LogP contribution in [-0.2, 0) is 9.16 Å². The lowest BCUT2D eigenvalue weighted by molar-refractivity contribution is 0.0567. The molecule has 0 fully saturated rings. The third-order valence-corrected chi connectivity index (χ3v) is 9.36. The Morgan fingerprint density at radius 2 is 1.18 bits per heavy atom. The largest absolute Gasteiger partial charge is 0.518 e. The lowest BCUT2D eigenvalue weighted by atomic mass is 10.5. The second-order valence-electron chi connectivity index (χ2n) is 5.96. The van der Waals surface area contributed by atoms with Gasteiger partial charge in [-0.2, -0.15) is 0 Å². The fourth-order valence-corrected chi connectivity index (χ4v) is 7.99. The SMILES string of the molecule is C=C(OC(C)C)O[Si](C(C)C)(C(C)C)C(C)C. The Morgan fingerprint density at radius 3 is 1.41 bits per heavy atom. The third-order valence-electron chi connectivity index (χ3n) is 3.36. The Kier molecular flexibility index (Phi) is 6.31. The van der Waals surface area contributed by atoms with E-state index >= 15 is 0 Å². The molecule has 0 rings (SSSR count). The summed E-state index contributed by atoms with van der Waals surface area (Å²) in [6.45, 7) is 21.5. The maximum Gasteiger partial charge on any atom is 0.262 e. The van der Waals surface area contributed by atoms with Gasteiger partial charge < -0.3 is 9.16 Å². The molecule has 0 bridgehead atoms. The molecule has 0 radical (unpaired) electrons. The number of hydrogen-bond acceptors (Lipinski definition) is 2. The fourth-order valence-electron chi connectivity index (χ4n) is 2.84. The molecule has 0 saturated carbocycles. The lowest BCUT2D eigenvalue weighted by Crippen LogP contribution is -2.47. The van der Waals surface area contributed by atoms with Crippen LogP contribution in [0.5, 0.6) is 0 Å². The molecule has 0 N–H and O–H groups in total. The lowest BCUT2D eigenvalue weighted by Gasteiger charge is -2.42. The molecule has 0 aromatic carbocycles. The summed E-state index contributed by atoms with van der Waals surface area (Å²) in [6.07, 6.45) is 0.126. The highest BCUT2D eigenvalue weighted by molar-refractivity contribution is 6.77. The van der Waals surface area contributed by atoms with E-state index in [0.29, 0.717) is 22.6 Å². The van der Waals surface area contributed by atoms with Crippen LogP contribution in [0.15, 0.2) is 12.5 Å². The van der Waals surface area contributed by atoms with Crippen LogP contribution in [0.3, 0.4) is 0 Å². The van der Waals surface area contributed by atoms with Gasteiger partial charge in [0.2, 0.25) is 0 Å². The molecule has 0 aliphatic heterocycles. The molecule has 2 nitrogen and oxygen atoms in total. The van der Waals surface area contributed by atoms with E-state index in [-0.39, 0.29) is 6.10 Å². The van der Waals surface area contributed by atoms with Crippen LogP contribution < -0.4 is 0 Å². The van der Waals surface area contributed by atoms with E-state index in [4.69, 9.17) is 9.16 Å². The predicted octanol–water partition coefficient (Wildman–Crippen LogP) is 5.07. The second-order valence-corrected chi connectivity index (χ2v) is 11.3. The summed E-state index contributed by atoms with van der Waals surface area (Å²) in [7, 11) is -1.88. The third kappa shape index (κ3) is 4.05. The van der Waals surface area contributed by atoms with E-state index in [0.717, 1.165) is 0 Å². The van der Waals surface area contributed by atoms with Crippen LogP contribution in [0.25, 0.3) is 0 Å². The van der Waals surface area contributed by atoms with Gasteiger partial charge in [-0.05, 0) is 37.0 Å². The summed E-state index contributed by atoms with van der Waals surface area (Å²) in [6, 6.07) is 0. The van der Waals surface area contributed by atoms with E-state index in [1.54, 1.807) is 0 Å². The first kappa shape index (κ1) is 16.6. The van der Waals surface area contributed by atoms with Crippen LogP contribution >= 0.6 is 0 Å². The molecule has 0 saturated heterocycles. The topological polar surface area (TPSA) is 18.5 Å². The van der Waals surface area contributed by atoms with Gasteiger partial charge in [-0.25, -0.2) is 0 Å². The standard InChI is InChI=1S/C14H30O2Si/c1-10(2)15-14(9)16-17(11(3)4,12(5)6)13(7)8/h10-13H,9H2,1-8H3. The highest BCUT2D eigenvalue weighted by atomic mass is 28.4. The minimum atomic E-state index is -1.88. The molecule has 17 heavy (non-hydrogen) atoms. The first-order chi connectivity index (χ1) is 7.64. The Hall–Kier alpha value is -0.443. The summed E-state index contributed by atoms with van der Waals surface area (Å²) in [4.78, 5) is 0. The van der Waals surface area contributed by atoms with Gasteiger partial charge in [0.1, 0.15) is 0 Å². The molecule has 0 aliphatic carbocycles. The van der Waals surface area contributed by atoms with Gasteiger partial charge in [0.25, 0.3) is 14.3 Å². The van der Waals surface area contributed by atoms with E-state index in [9.17, 15) is 0 Å². The average molecular weight is 258 g/mol. The molecule has 0 spiro atoms. The first-order valence-corrected chi connectivity index (χ1v) is 8.83. The van der Waals surface area contributed by atoms with Crippen LogP contribution in [0.4, 0.5) is 0 Å². The molecule has 3 heteroatoms. The van der Waals surface area contributed by atoms with Gasteiger partial charge in [0.15, 0.2) is 0 Å². The number of hydrogen-bond donors (Lipinski definition) is 0. The smallest absolute Gasteiger partial charge is 0.262 e. The van der Waals surface area contributed by atoms with Gasteiger partial charge in [-0.15, -0.1) is 0 Å². The van der Waals surface area contributed by atoms with Crippen LogP contribution in [-0.4, -0.2) is 14.4 Å². The van der Waals surface area contributed by atoms with Crippen LogP contribution in [0, 0.1) is 0 Å². The van der Waals surface area contributed by atoms with Crippen molar-refractivity contribution in [3.63, 3.8) is 0 Å². The maximum atomic E-state index is 6.26. The zero-order chi connectivity index (χ0) is 13.8. The summed E-state index contributed by atoms with van der Waals surface area (Å²) >= 11 is 0. The molecule has 0 aromatic heterocycles. The average Bonchev–Trinajstić information content (AvgIpc) is 2.10. The molecule has 0 unspecified atom stereocenters. The Morgan fingerprint density at radius 1 is 0.824 bits per heavy atom. The van der Waals surface area contributed by atoms with Gasteiger partial charge in [0, 0.05) is 0 Å². The monoisotopic (exact) mass is 258 g/mol. The molecular weight excluding hydrogens is 228 g/mol.